The van der Waals surface area contributed by atoms with Gasteiger partial charge in [0.05, 0.1) is 38.2 Å². The maximum atomic E-state index is 12.5. The number of carbonyl (C=O) groups excluding carboxylic acids is 1. The molecule has 7 nitrogen and oxygen atoms in total. The Labute approximate surface area is 140 Å². The lowest BCUT2D eigenvalue weighted by atomic mass is 10.3. The summed E-state index contributed by atoms with van der Waals surface area (Å²) in [6.45, 7) is 2.03. The second-order valence-electron chi connectivity index (χ2n) is 6.15. The Kier molecular flexibility index (Phi) is 4.27. The van der Waals surface area contributed by atoms with E-state index >= 15 is 0 Å². The minimum atomic E-state index is -0.336. The van der Waals surface area contributed by atoms with Crippen molar-refractivity contribution in [1.82, 2.24) is 19.9 Å². The number of ether oxygens (including phenoxy) is 2. The minimum Gasteiger partial charge on any atom is -0.348 e. The molecule has 2 aliphatic rings. The average Bonchev–Trinajstić information content (AvgIpc) is 3.14. The number of benzene rings is 1. The van der Waals surface area contributed by atoms with Crippen molar-refractivity contribution in [2.75, 3.05) is 19.8 Å². The number of aromatic nitrogens is 3. The van der Waals surface area contributed by atoms with Crippen LogP contribution in [0.3, 0.4) is 0 Å². The summed E-state index contributed by atoms with van der Waals surface area (Å²) in [6, 6.07) is 9.79. The van der Waals surface area contributed by atoms with Crippen molar-refractivity contribution < 1.29 is 14.3 Å². The fourth-order valence-electron chi connectivity index (χ4n) is 2.79. The molecule has 1 aromatic heterocycles. The number of amides is 1. The summed E-state index contributed by atoms with van der Waals surface area (Å²) in [4.78, 5) is 14.3. The molecule has 0 bridgehead atoms. The van der Waals surface area contributed by atoms with Gasteiger partial charge in [-0.2, -0.15) is 0 Å². The molecule has 1 aliphatic carbocycles. The van der Waals surface area contributed by atoms with Gasteiger partial charge in [0.25, 0.3) is 0 Å². The highest BCUT2D eigenvalue weighted by atomic mass is 16.7. The molecule has 1 aliphatic heterocycles. The van der Waals surface area contributed by atoms with E-state index in [0.717, 1.165) is 24.2 Å². The van der Waals surface area contributed by atoms with Crippen LogP contribution in [0.1, 0.15) is 18.5 Å². The van der Waals surface area contributed by atoms with Crippen LogP contribution in [0.5, 0.6) is 0 Å². The van der Waals surface area contributed by atoms with Gasteiger partial charge >= 0.3 is 0 Å². The van der Waals surface area contributed by atoms with Crippen molar-refractivity contribution in [2.24, 2.45) is 5.92 Å². The molecule has 7 heteroatoms. The molecule has 0 unspecified atom stereocenters. The molecule has 4 rings (SSSR count). The molecular weight excluding hydrogens is 308 g/mol. The van der Waals surface area contributed by atoms with Crippen LogP contribution < -0.4 is 0 Å². The van der Waals surface area contributed by atoms with Gasteiger partial charge in [0, 0.05) is 5.92 Å². The van der Waals surface area contributed by atoms with E-state index in [1.165, 1.54) is 0 Å². The lowest BCUT2D eigenvalue weighted by Gasteiger charge is -2.24. The highest BCUT2D eigenvalue weighted by Gasteiger charge is 2.35. The summed E-state index contributed by atoms with van der Waals surface area (Å²) < 4.78 is 12.7. The summed E-state index contributed by atoms with van der Waals surface area (Å²) >= 11 is 0. The number of hydrogen-bond acceptors (Lipinski definition) is 5. The molecule has 1 aromatic carbocycles. The van der Waals surface area contributed by atoms with Crippen LogP contribution in [0.4, 0.5) is 0 Å². The third-order valence-electron chi connectivity index (χ3n) is 4.21. The third kappa shape index (κ3) is 3.47. The first kappa shape index (κ1) is 15.3. The van der Waals surface area contributed by atoms with Crippen molar-refractivity contribution in [3.63, 3.8) is 0 Å². The number of carbonyl (C=O) groups is 1. The fourth-order valence-corrected chi connectivity index (χ4v) is 2.79. The summed E-state index contributed by atoms with van der Waals surface area (Å²) in [5, 5.41) is 8.36. The highest BCUT2D eigenvalue weighted by molar-refractivity contribution is 5.81. The Morgan fingerprint density at radius 2 is 1.96 bits per heavy atom. The number of hydrogen-bond donors (Lipinski definition) is 0. The van der Waals surface area contributed by atoms with Crippen LogP contribution in [-0.2, 0) is 20.8 Å². The molecular formula is C17H20N4O3. The summed E-state index contributed by atoms with van der Waals surface area (Å²) in [7, 11) is 0. The van der Waals surface area contributed by atoms with Gasteiger partial charge in [-0.1, -0.05) is 23.4 Å². The Morgan fingerprint density at radius 3 is 2.67 bits per heavy atom. The van der Waals surface area contributed by atoms with Crippen LogP contribution in [0.15, 0.2) is 36.5 Å². The maximum absolute atomic E-state index is 12.5. The summed E-state index contributed by atoms with van der Waals surface area (Å²) in [6.07, 6.45) is 3.47. The van der Waals surface area contributed by atoms with Gasteiger partial charge < -0.3 is 14.4 Å². The molecule has 0 spiro atoms. The second kappa shape index (κ2) is 6.70. The van der Waals surface area contributed by atoms with Gasteiger partial charge in [-0.15, -0.1) is 5.10 Å². The van der Waals surface area contributed by atoms with E-state index in [2.05, 4.69) is 10.3 Å². The maximum Gasteiger partial charge on any atom is 0.226 e. The van der Waals surface area contributed by atoms with Crippen LogP contribution >= 0.6 is 0 Å². The largest absolute Gasteiger partial charge is 0.348 e. The molecule has 2 fully saturated rings. The third-order valence-corrected chi connectivity index (χ3v) is 4.21. The number of nitrogens with zero attached hydrogens (tertiary/aromatic N) is 4. The van der Waals surface area contributed by atoms with Crippen LogP contribution in [-0.4, -0.2) is 51.8 Å². The van der Waals surface area contributed by atoms with Gasteiger partial charge in [0.1, 0.15) is 5.69 Å². The van der Waals surface area contributed by atoms with E-state index in [4.69, 9.17) is 9.47 Å². The highest BCUT2D eigenvalue weighted by Crippen LogP contribution is 2.31. The predicted octanol–water partition coefficient (Wildman–Crippen LogP) is 1.38. The van der Waals surface area contributed by atoms with Gasteiger partial charge in [0.15, 0.2) is 6.29 Å². The first-order chi connectivity index (χ1) is 11.8. The van der Waals surface area contributed by atoms with E-state index < -0.39 is 0 Å². The molecule has 1 amide bonds. The molecule has 2 aromatic rings. The van der Waals surface area contributed by atoms with Crippen molar-refractivity contribution >= 4 is 5.91 Å². The van der Waals surface area contributed by atoms with Crippen LogP contribution in [0.2, 0.25) is 0 Å². The smallest absolute Gasteiger partial charge is 0.226 e. The Bertz CT molecular complexity index is 693. The number of rotatable bonds is 6. The molecule has 0 radical (unpaired) electrons. The Balaban J connectivity index is 1.47. The molecule has 24 heavy (non-hydrogen) atoms. The van der Waals surface area contributed by atoms with Crippen LogP contribution in [0, 0.1) is 5.92 Å². The molecule has 2 heterocycles. The van der Waals surface area contributed by atoms with Crippen molar-refractivity contribution in [3.05, 3.63) is 42.2 Å². The van der Waals surface area contributed by atoms with Gasteiger partial charge in [-0.25, -0.2) is 4.68 Å². The van der Waals surface area contributed by atoms with Gasteiger partial charge in [0.2, 0.25) is 5.91 Å². The quantitative estimate of drug-likeness (QED) is 0.801. The number of para-hydroxylation sites is 1. The van der Waals surface area contributed by atoms with E-state index in [9.17, 15) is 4.79 Å². The fraction of sp³-hybridized carbons (Fsp3) is 0.471. The lowest BCUT2D eigenvalue weighted by molar-refractivity contribution is -0.139. The second-order valence-corrected chi connectivity index (χ2v) is 6.15. The van der Waals surface area contributed by atoms with E-state index in [1.807, 2.05) is 36.5 Å². The van der Waals surface area contributed by atoms with Crippen molar-refractivity contribution in [1.29, 1.82) is 0 Å². The van der Waals surface area contributed by atoms with Gasteiger partial charge in [-0.3, -0.25) is 4.79 Å². The first-order valence-corrected chi connectivity index (χ1v) is 8.28. The first-order valence-electron chi connectivity index (χ1n) is 8.28. The molecule has 0 atom stereocenters. The van der Waals surface area contributed by atoms with Gasteiger partial charge in [-0.05, 0) is 25.0 Å². The zero-order chi connectivity index (χ0) is 16.4. The SMILES string of the molecule is O=C(C1CC1)N(Cc1cn(-c2ccccc2)nn1)CC1OCCO1. The summed E-state index contributed by atoms with van der Waals surface area (Å²) in [5.41, 5.74) is 1.70. The van der Waals surface area contributed by atoms with Crippen molar-refractivity contribution in [2.45, 2.75) is 25.7 Å². The van der Waals surface area contributed by atoms with Crippen LogP contribution in [0.25, 0.3) is 5.69 Å². The average molecular weight is 328 g/mol. The monoisotopic (exact) mass is 328 g/mol. The van der Waals surface area contributed by atoms with E-state index in [1.54, 1.807) is 9.58 Å². The molecule has 1 saturated heterocycles. The normalized spacial score (nSPS) is 18.0. The van der Waals surface area contributed by atoms with E-state index in [-0.39, 0.29) is 18.1 Å². The lowest BCUT2D eigenvalue weighted by Crippen LogP contribution is -2.38. The zero-order valence-electron chi connectivity index (χ0n) is 13.4. The predicted molar refractivity (Wildman–Crippen MR) is 85.2 cm³/mol. The molecule has 1 saturated carbocycles. The molecule has 126 valence electrons. The minimum absolute atomic E-state index is 0.149. The topological polar surface area (TPSA) is 69.5 Å². The molecule has 0 N–H and O–H groups in total. The standard InChI is InChI=1S/C17H20N4O3/c22-17(13-6-7-13)20(12-16-23-8-9-24-16)10-14-11-21(19-18-14)15-4-2-1-3-5-15/h1-5,11,13,16H,6-10,12H2. The Morgan fingerprint density at radius 1 is 1.21 bits per heavy atom. The van der Waals surface area contributed by atoms with E-state index in [0.29, 0.717) is 26.3 Å². The van der Waals surface area contributed by atoms with Crippen molar-refractivity contribution in [3.8, 4) is 5.69 Å². The summed E-state index contributed by atoms with van der Waals surface area (Å²) in [5.74, 6) is 0.305. The Hall–Kier alpha value is -2.25. The zero-order valence-corrected chi connectivity index (χ0v) is 13.4.